The zero-order valence-corrected chi connectivity index (χ0v) is 16.1. The maximum absolute atomic E-state index is 13.0. The van der Waals surface area contributed by atoms with Gasteiger partial charge in [-0.2, -0.15) is 0 Å². The number of ether oxygens (including phenoxy) is 2. The number of ketones is 1. The largest absolute Gasteiger partial charge is 0.493 e. The molecular formula is C24H20FNO4. The lowest BCUT2D eigenvalue weighted by atomic mass is 10.0. The average molecular weight is 405 g/mol. The fourth-order valence-corrected chi connectivity index (χ4v) is 3.35. The van der Waals surface area contributed by atoms with E-state index in [9.17, 15) is 14.0 Å². The molecule has 1 aliphatic heterocycles. The minimum absolute atomic E-state index is 0.109. The van der Waals surface area contributed by atoms with Gasteiger partial charge in [0.1, 0.15) is 17.3 Å². The van der Waals surface area contributed by atoms with E-state index in [2.05, 4.69) is 5.32 Å². The van der Waals surface area contributed by atoms with E-state index in [1.807, 2.05) is 24.3 Å². The molecule has 5 nitrogen and oxygen atoms in total. The Labute approximate surface area is 173 Å². The number of hydrogen-bond donors (Lipinski definition) is 1. The van der Waals surface area contributed by atoms with Crippen LogP contribution in [0.5, 0.6) is 11.5 Å². The van der Waals surface area contributed by atoms with E-state index in [-0.39, 0.29) is 24.3 Å². The molecular weight excluding hydrogens is 385 g/mol. The summed E-state index contributed by atoms with van der Waals surface area (Å²) in [6.45, 7) is 0.414. The SMILES string of the molecule is O=C(COc1ccc(C(=O)c2ccc(F)cc2)cc1)NC1CCOc2ccccc21. The van der Waals surface area contributed by atoms with E-state index in [4.69, 9.17) is 9.47 Å². The quantitative estimate of drug-likeness (QED) is 0.628. The standard InChI is InChI=1S/C24H20FNO4/c25-18-9-5-16(6-10-18)24(28)17-7-11-19(12-8-17)30-15-23(27)26-21-13-14-29-22-4-2-1-3-20(21)22/h1-12,21H,13-15H2,(H,26,27). The van der Waals surface area contributed by atoms with Crippen molar-refractivity contribution in [3.8, 4) is 11.5 Å². The van der Waals surface area contributed by atoms with Crippen molar-refractivity contribution in [2.24, 2.45) is 0 Å². The highest BCUT2D eigenvalue weighted by molar-refractivity contribution is 6.09. The lowest BCUT2D eigenvalue weighted by Crippen LogP contribution is -2.35. The fourth-order valence-electron chi connectivity index (χ4n) is 3.35. The van der Waals surface area contributed by atoms with Crippen molar-refractivity contribution in [2.75, 3.05) is 13.2 Å². The maximum Gasteiger partial charge on any atom is 0.258 e. The normalized spacial score (nSPS) is 14.9. The van der Waals surface area contributed by atoms with E-state index in [1.54, 1.807) is 24.3 Å². The minimum Gasteiger partial charge on any atom is -0.493 e. The monoisotopic (exact) mass is 405 g/mol. The Balaban J connectivity index is 1.33. The summed E-state index contributed by atoms with van der Waals surface area (Å²) in [5, 5.41) is 2.97. The van der Waals surface area contributed by atoms with Crippen LogP contribution in [0.4, 0.5) is 4.39 Å². The molecule has 152 valence electrons. The minimum atomic E-state index is -0.391. The number of amides is 1. The third-order valence-electron chi connectivity index (χ3n) is 4.89. The van der Waals surface area contributed by atoms with Gasteiger partial charge in [0.25, 0.3) is 5.91 Å². The summed E-state index contributed by atoms with van der Waals surface area (Å²) in [5.41, 5.74) is 1.82. The van der Waals surface area contributed by atoms with Crippen LogP contribution < -0.4 is 14.8 Å². The number of halogens is 1. The summed E-state index contributed by atoms with van der Waals surface area (Å²) < 4.78 is 24.2. The van der Waals surface area contributed by atoms with Crippen molar-refractivity contribution >= 4 is 11.7 Å². The summed E-state index contributed by atoms with van der Waals surface area (Å²) in [6, 6.07) is 19.4. The molecule has 1 unspecified atom stereocenters. The van der Waals surface area contributed by atoms with Crippen LogP contribution in [0.15, 0.2) is 72.8 Å². The third kappa shape index (κ3) is 4.49. The van der Waals surface area contributed by atoms with Gasteiger partial charge in [0.05, 0.1) is 12.6 Å². The number of fused-ring (bicyclic) bond motifs is 1. The van der Waals surface area contributed by atoms with Crippen LogP contribution in [0.2, 0.25) is 0 Å². The third-order valence-corrected chi connectivity index (χ3v) is 4.89. The van der Waals surface area contributed by atoms with Gasteiger partial charge in [-0.05, 0) is 54.6 Å². The Kier molecular flexibility index (Phi) is 5.75. The average Bonchev–Trinajstić information content (AvgIpc) is 2.78. The highest BCUT2D eigenvalue weighted by Crippen LogP contribution is 2.31. The molecule has 4 rings (SSSR count). The van der Waals surface area contributed by atoms with E-state index >= 15 is 0 Å². The Morgan fingerprint density at radius 2 is 1.63 bits per heavy atom. The van der Waals surface area contributed by atoms with Crippen molar-refractivity contribution < 1.29 is 23.5 Å². The second-order valence-corrected chi connectivity index (χ2v) is 6.94. The summed E-state index contributed by atoms with van der Waals surface area (Å²) in [4.78, 5) is 24.7. The van der Waals surface area contributed by atoms with Gasteiger partial charge in [0.15, 0.2) is 12.4 Å². The lowest BCUT2D eigenvalue weighted by Gasteiger charge is -2.26. The van der Waals surface area contributed by atoms with E-state index in [1.165, 1.54) is 24.3 Å². The number of carbonyl (C=O) groups is 2. The zero-order chi connectivity index (χ0) is 20.9. The van der Waals surface area contributed by atoms with Crippen molar-refractivity contribution in [3.63, 3.8) is 0 Å². The maximum atomic E-state index is 13.0. The number of carbonyl (C=O) groups excluding carboxylic acids is 2. The first kappa shape index (κ1) is 19.6. The molecule has 6 heteroatoms. The molecule has 3 aromatic rings. The Morgan fingerprint density at radius 3 is 2.37 bits per heavy atom. The molecule has 1 amide bonds. The van der Waals surface area contributed by atoms with Crippen LogP contribution >= 0.6 is 0 Å². The molecule has 0 aliphatic carbocycles. The first-order valence-corrected chi connectivity index (χ1v) is 9.64. The van der Waals surface area contributed by atoms with Crippen molar-refractivity contribution in [2.45, 2.75) is 12.5 Å². The van der Waals surface area contributed by atoms with Gasteiger partial charge < -0.3 is 14.8 Å². The second kappa shape index (κ2) is 8.78. The van der Waals surface area contributed by atoms with Crippen molar-refractivity contribution in [1.82, 2.24) is 5.32 Å². The zero-order valence-electron chi connectivity index (χ0n) is 16.1. The molecule has 0 bridgehead atoms. The highest BCUT2D eigenvalue weighted by atomic mass is 19.1. The first-order valence-electron chi connectivity index (χ1n) is 9.64. The molecule has 0 radical (unpaired) electrons. The number of para-hydroxylation sites is 1. The predicted molar refractivity (Wildman–Crippen MR) is 109 cm³/mol. The van der Waals surface area contributed by atoms with E-state index < -0.39 is 5.82 Å². The van der Waals surface area contributed by atoms with Gasteiger partial charge in [-0.1, -0.05) is 18.2 Å². The molecule has 1 N–H and O–H groups in total. The first-order chi connectivity index (χ1) is 14.6. The molecule has 30 heavy (non-hydrogen) atoms. The smallest absolute Gasteiger partial charge is 0.258 e. The van der Waals surface area contributed by atoms with Crippen molar-refractivity contribution in [3.05, 3.63) is 95.3 Å². The molecule has 0 aromatic heterocycles. The van der Waals surface area contributed by atoms with Gasteiger partial charge in [-0.3, -0.25) is 9.59 Å². The Bertz CT molecular complexity index is 1050. The molecule has 0 saturated carbocycles. The van der Waals surface area contributed by atoms with E-state index in [0.717, 1.165) is 11.3 Å². The van der Waals surface area contributed by atoms with Gasteiger partial charge >= 0.3 is 0 Å². The number of nitrogens with one attached hydrogen (secondary N) is 1. The Hall–Kier alpha value is -3.67. The van der Waals surface area contributed by atoms with Crippen LogP contribution in [0.25, 0.3) is 0 Å². The van der Waals surface area contributed by atoms with Crippen LogP contribution in [0.3, 0.4) is 0 Å². The Morgan fingerprint density at radius 1 is 0.967 bits per heavy atom. The van der Waals surface area contributed by atoms with Gasteiger partial charge in [0.2, 0.25) is 0 Å². The topological polar surface area (TPSA) is 64.6 Å². The fraction of sp³-hybridized carbons (Fsp3) is 0.167. The van der Waals surface area contributed by atoms with E-state index in [0.29, 0.717) is 29.9 Å². The van der Waals surface area contributed by atoms with Crippen LogP contribution in [-0.4, -0.2) is 24.9 Å². The summed E-state index contributed by atoms with van der Waals surface area (Å²) in [5.74, 6) is 0.433. The summed E-state index contributed by atoms with van der Waals surface area (Å²) in [7, 11) is 0. The van der Waals surface area contributed by atoms with Crippen LogP contribution in [0, 0.1) is 5.82 Å². The molecule has 0 fully saturated rings. The second-order valence-electron chi connectivity index (χ2n) is 6.94. The predicted octanol–water partition coefficient (Wildman–Crippen LogP) is 4.08. The van der Waals surface area contributed by atoms with Crippen LogP contribution in [0.1, 0.15) is 33.9 Å². The van der Waals surface area contributed by atoms with Crippen molar-refractivity contribution in [1.29, 1.82) is 0 Å². The number of benzene rings is 3. The molecule has 0 spiro atoms. The number of hydrogen-bond acceptors (Lipinski definition) is 4. The molecule has 1 aliphatic rings. The summed E-state index contributed by atoms with van der Waals surface area (Å²) >= 11 is 0. The van der Waals surface area contributed by atoms with Gasteiger partial charge in [0, 0.05) is 23.1 Å². The molecule has 0 saturated heterocycles. The van der Waals surface area contributed by atoms with Gasteiger partial charge in [-0.15, -0.1) is 0 Å². The highest BCUT2D eigenvalue weighted by Gasteiger charge is 2.22. The number of rotatable bonds is 6. The lowest BCUT2D eigenvalue weighted by molar-refractivity contribution is -0.124. The van der Waals surface area contributed by atoms with Crippen LogP contribution in [-0.2, 0) is 4.79 Å². The van der Waals surface area contributed by atoms with Gasteiger partial charge in [-0.25, -0.2) is 4.39 Å². The molecule has 1 heterocycles. The molecule has 1 atom stereocenters. The molecule has 3 aromatic carbocycles. The summed E-state index contributed by atoms with van der Waals surface area (Å²) in [6.07, 6.45) is 0.697.